The molecule has 0 aromatic rings. The number of hydrogen-bond acceptors (Lipinski definition) is 2. The van der Waals surface area contributed by atoms with Crippen LogP contribution in [0.3, 0.4) is 0 Å². The molecule has 0 aromatic heterocycles. The van der Waals surface area contributed by atoms with Crippen molar-refractivity contribution < 1.29 is 0 Å². The van der Waals surface area contributed by atoms with Crippen molar-refractivity contribution in [2.45, 2.75) is 19.1 Å². The summed E-state index contributed by atoms with van der Waals surface area (Å²) in [6, 6.07) is 0. The molecule has 74 valence electrons. The molecular formula is C8H21N3S. The summed E-state index contributed by atoms with van der Waals surface area (Å²) in [7, 11) is 1.84. The Morgan fingerprint density at radius 2 is 1.67 bits per heavy atom. The first-order valence-corrected chi connectivity index (χ1v) is 7.02. The van der Waals surface area contributed by atoms with E-state index in [1.165, 1.54) is 0 Å². The zero-order chi connectivity index (χ0) is 10.0. The predicted molar refractivity (Wildman–Crippen MR) is 60.2 cm³/mol. The van der Waals surface area contributed by atoms with E-state index in [9.17, 15) is 0 Å². The minimum Gasteiger partial charge on any atom is -0.284 e. The molecular weight excluding hydrogens is 170 g/mol. The van der Waals surface area contributed by atoms with Gasteiger partial charge in [0.25, 0.3) is 0 Å². The maximum atomic E-state index is 4.34. The van der Waals surface area contributed by atoms with Crippen LogP contribution in [0.1, 0.15) is 13.8 Å². The SMILES string of the molecule is C=S(C)(C)(N=NN(C)C)C(C)C. The summed E-state index contributed by atoms with van der Waals surface area (Å²) in [5.74, 6) is 4.19. The largest absolute Gasteiger partial charge is 0.284 e. The average molecular weight is 191 g/mol. The van der Waals surface area contributed by atoms with E-state index in [1.54, 1.807) is 5.01 Å². The van der Waals surface area contributed by atoms with Crippen molar-refractivity contribution in [2.75, 3.05) is 26.6 Å². The topological polar surface area (TPSA) is 28.0 Å². The molecule has 4 heteroatoms. The zero-order valence-corrected chi connectivity index (χ0v) is 9.85. The molecule has 0 bridgehead atoms. The first-order chi connectivity index (χ1) is 5.13. The van der Waals surface area contributed by atoms with Crippen LogP contribution in [0.15, 0.2) is 9.74 Å². The van der Waals surface area contributed by atoms with E-state index in [0.717, 1.165) is 0 Å². The van der Waals surface area contributed by atoms with Gasteiger partial charge in [-0.3, -0.25) is 5.01 Å². The van der Waals surface area contributed by atoms with Crippen molar-refractivity contribution in [1.29, 1.82) is 0 Å². The van der Waals surface area contributed by atoms with Crippen LogP contribution in [0.4, 0.5) is 0 Å². The Morgan fingerprint density at radius 1 is 1.25 bits per heavy atom. The molecule has 0 aliphatic carbocycles. The third-order valence-electron chi connectivity index (χ3n) is 1.97. The summed E-state index contributed by atoms with van der Waals surface area (Å²) in [6.07, 6.45) is 4.21. The van der Waals surface area contributed by atoms with Gasteiger partial charge in [-0.2, -0.15) is 8.94 Å². The first kappa shape index (κ1) is 11.6. The van der Waals surface area contributed by atoms with Crippen molar-refractivity contribution in [3.8, 4) is 0 Å². The Bertz CT molecular complexity index is 235. The summed E-state index contributed by atoms with van der Waals surface area (Å²) >= 11 is 0. The quantitative estimate of drug-likeness (QED) is 0.382. The van der Waals surface area contributed by atoms with Gasteiger partial charge >= 0.3 is 0 Å². The minimum atomic E-state index is -1.90. The normalized spacial score (nSPS) is 16.4. The summed E-state index contributed by atoms with van der Waals surface area (Å²) in [6.45, 7) is 4.28. The molecule has 0 fully saturated rings. The predicted octanol–water partition coefficient (Wildman–Crippen LogP) is 2.27. The van der Waals surface area contributed by atoms with E-state index >= 15 is 0 Å². The fourth-order valence-corrected chi connectivity index (χ4v) is 0.862. The second-order valence-corrected chi connectivity index (χ2v) is 9.84. The van der Waals surface area contributed by atoms with Gasteiger partial charge in [0.05, 0.1) is 0 Å². The lowest BCUT2D eigenvalue weighted by molar-refractivity contribution is 0.412. The lowest BCUT2D eigenvalue weighted by Crippen LogP contribution is -2.14. The highest BCUT2D eigenvalue weighted by Gasteiger charge is 2.21. The minimum absolute atomic E-state index is 0.464. The molecule has 0 radical (unpaired) electrons. The van der Waals surface area contributed by atoms with Gasteiger partial charge in [0.2, 0.25) is 0 Å². The van der Waals surface area contributed by atoms with E-state index < -0.39 is 8.94 Å². The van der Waals surface area contributed by atoms with Gasteiger partial charge in [0.15, 0.2) is 0 Å². The standard InChI is InChI=1S/C8H21N3S/c1-8(2)12(5,6,7)10-9-11(3)4/h8H,5H2,1-4,6-7H3. The molecule has 0 unspecified atom stereocenters. The van der Waals surface area contributed by atoms with Crippen LogP contribution in [0.5, 0.6) is 0 Å². The molecule has 0 heterocycles. The monoisotopic (exact) mass is 191 g/mol. The molecule has 0 rings (SSSR count). The second-order valence-electron chi connectivity index (χ2n) is 4.29. The lowest BCUT2D eigenvalue weighted by Gasteiger charge is -2.38. The summed E-state index contributed by atoms with van der Waals surface area (Å²) in [5, 5.41) is 6.20. The van der Waals surface area contributed by atoms with Gasteiger partial charge in [-0.15, -0.1) is 4.52 Å². The second kappa shape index (κ2) is 3.17. The zero-order valence-electron chi connectivity index (χ0n) is 9.03. The van der Waals surface area contributed by atoms with E-state index in [-0.39, 0.29) is 0 Å². The van der Waals surface area contributed by atoms with Crippen LogP contribution in [0.25, 0.3) is 0 Å². The van der Waals surface area contributed by atoms with Crippen molar-refractivity contribution >= 4 is 14.8 Å². The lowest BCUT2D eigenvalue weighted by atomic mass is 10.6. The molecule has 0 spiro atoms. The first-order valence-electron chi connectivity index (χ1n) is 3.97. The molecule has 0 N–H and O–H groups in total. The third-order valence-corrected chi connectivity index (χ3v) is 5.55. The van der Waals surface area contributed by atoms with Crippen LogP contribution in [0, 0.1) is 0 Å². The highest BCUT2D eigenvalue weighted by molar-refractivity contribution is 8.44. The van der Waals surface area contributed by atoms with Crippen molar-refractivity contribution in [3.63, 3.8) is 0 Å². The summed E-state index contributed by atoms with van der Waals surface area (Å²) in [4.78, 5) is 0. The third kappa shape index (κ3) is 3.34. The van der Waals surface area contributed by atoms with Gasteiger partial charge in [0, 0.05) is 14.1 Å². The van der Waals surface area contributed by atoms with Crippen LogP contribution in [0.2, 0.25) is 0 Å². The van der Waals surface area contributed by atoms with Crippen LogP contribution < -0.4 is 0 Å². The maximum absolute atomic E-state index is 4.34. The average Bonchev–Trinajstić information content (AvgIpc) is 1.83. The van der Waals surface area contributed by atoms with E-state index in [2.05, 4.69) is 42.0 Å². The molecule has 0 aliphatic rings. The molecule has 12 heavy (non-hydrogen) atoms. The Morgan fingerprint density at radius 3 is 1.92 bits per heavy atom. The van der Waals surface area contributed by atoms with Gasteiger partial charge in [-0.25, -0.2) is 0 Å². The summed E-state index contributed by atoms with van der Waals surface area (Å²) in [5.41, 5.74) is 0. The Kier molecular flexibility index (Phi) is 3.07. The van der Waals surface area contributed by atoms with E-state index in [0.29, 0.717) is 5.25 Å². The van der Waals surface area contributed by atoms with Crippen molar-refractivity contribution in [2.24, 2.45) is 9.74 Å². The fraction of sp³-hybridized carbons (Fsp3) is 0.875. The molecule has 0 saturated carbocycles. The number of hydrogen-bond donors (Lipinski definition) is 0. The van der Waals surface area contributed by atoms with E-state index in [1.807, 2.05) is 14.1 Å². The molecule has 0 atom stereocenters. The van der Waals surface area contributed by atoms with Gasteiger partial charge in [-0.05, 0) is 17.8 Å². The molecule has 0 saturated heterocycles. The fourth-order valence-electron chi connectivity index (χ4n) is 0.287. The van der Waals surface area contributed by atoms with Crippen LogP contribution >= 0.6 is 8.94 Å². The smallest absolute Gasteiger partial charge is 0.0261 e. The summed E-state index contributed by atoms with van der Waals surface area (Å²) < 4.78 is 4.34. The molecule has 0 amide bonds. The number of rotatable bonds is 3. The molecule has 0 aromatic carbocycles. The highest BCUT2D eigenvalue weighted by atomic mass is 32.3. The van der Waals surface area contributed by atoms with Crippen molar-refractivity contribution in [1.82, 2.24) is 5.01 Å². The van der Waals surface area contributed by atoms with E-state index in [4.69, 9.17) is 0 Å². The Labute approximate surface area is 75.8 Å². The Balaban J connectivity index is 4.73. The van der Waals surface area contributed by atoms with Crippen LogP contribution in [-0.2, 0) is 0 Å². The maximum Gasteiger partial charge on any atom is 0.0261 e. The Hall–Kier alpha value is -0.380. The molecule has 3 nitrogen and oxygen atoms in total. The van der Waals surface area contributed by atoms with Crippen molar-refractivity contribution in [3.05, 3.63) is 0 Å². The molecule has 0 aliphatic heterocycles. The van der Waals surface area contributed by atoms with Gasteiger partial charge in [-0.1, -0.05) is 24.9 Å². The van der Waals surface area contributed by atoms with Crippen LogP contribution in [-0.4, -0.2) is 42.7 Å². The number of nitrogens with zero attached hydrogens (tertiary/aromatic N) is 3. The van der Waals surface area contributed by atoms with Gasteiger partial charge < -0.3 is 0 Å². The van der Waals surface area contributed by atoms with Gasteiger partial charge in [0.1, 0.15) is 0 Å². The highest BCUT2D eigenvalue weighted by Crippen LogP contribution is 2.55.